The van der Waals surface area contributed by atoms with Gasteiger partial charge in [-0.25, -0.2) is 15.0 Å². The van der Waals surface area contributed by atoms with E-state index in [0.29, 0.717) is 11.2 Å². The number of anilines is 1. The molecule has 7 atom stereocenters. The average Bonchev–Trinajstić information content (AvgIpc) is 3.28. The van der Waals surface area contributed by atoms with E-state index >= 15 is 0 Å². The van der Waals surface area contributed by atoms with Crippen molar-refractivity contribution in [2.24, 2.45) is 0 Å². The first kappa shape index (κ1) is 25.7. The number of fused-ring (bicyclic) bond motifs is 1. The number of nitrogen functional groups attached to an aromatic ring is 1. The van der Waals surface area contributed by atoms with Crippen LogP contribution in [0.15, 0.2) is 12.7 Å². The third kappa shape index (κ3) is 5.22. The number of nitrogens with two attached hydrogens (primary N) is 1. The molecule has 3 heterocycles. The van der Waals surface area contributed by atoms with Crippen LogP contribution in [0.3, 0.4) is 0 Å². The van der Waals surface area contributed by atoms with Gasteiger partial charge in [-0.2, -0.15) is 0 Å². The van der Waals surface area contributed by atoms with Gasteiger partial charge in [-0.05, 0) is 0 Å². The number of hydrogen-bond acceptors (Lipinski definition) is 13. The Kier molecular flexibility index (Phi) is 9.56. The van der Waals surface area contributed by atoms with Gasteiger partial charge in [0, 0.05) is 0 Å². The van der Waals surface area contributed by atoms with Crippen molar-refractivity contribution in [3.8, 4) is 0 Å². The molecule has 11 N–H and O–H groups in total. The molecule has 15 heteroatoms. The van der Waals surface area contributed by atoms with Gasteiger partial charge in [0.05, 0.1) is 19.5 Å². The number of carbonyl (C=O) groups excluding carboxylic acids is 1. The van der Waals surface area contributed by atoms with Crippen LogP contribution in [0, 0.1) is 0 Å². The lowest BCUT2D eigenvalue weighted by Crippen LogP contribution is -2.40. The van der Waals surface area contributed by atoms with Crippen LogP contribution in [0.25, 0.3) is 11.2 Å². The first-order chi connectivity index (χ1) is 13.8. The molecule has 0 bridgehead atoms. The number of rotatable bonds is 6. The number of aliphatic hydroxyl groups excluding tert-OH is 7. The first-order valence-electron chi connectivity index (χ1n) is 8.42. The van der Waals surface area contributed by atoms with Crippen molar-refractivity contribution < 1.29 is 50.8 Å². The van der Waals surface area contributed by atoms with Crippen LogP contribution in [0.5, 0.6) is 0 Å². The summed E-state index contributed by atoms with van der Waals surface area (Å²) >= 11 is 0. The van der Waals surface area contributed by atoms with E-state index in [-0.39, 0.29) is 17.6 Å². The topological polar surface area (TPSA) is 269 Å². The van der Waals surface area contributed by atoms with Crippen molar-refractivity contribution in [2.45, 2.75) is 42.9 Å². The van der Waals surface area contributed by atoms with E-state index in [0.717, 1.165) is 0 Å². The molecule has 170 valence electrons. The van der Waals surface area contributed by atoms with Gasteiger partial charge >= 0.3 is 0 Å². The highest BCUT2D eigenvalue weighted by Crippen LogP contribution is 2.31. The molecule has 0 spiro atoms. The summed E-state index contributed by atoms with van der Waals surface area (Å²) in [6.45, 7) is -1.08. The monoisotopic (exact) mass is 435 g/mol. The number of aliphatic hydroxyl groups is 7. The van der Waals surface area contributed by atoms with E-state index in [2.05, 4.69) is 15.0 Å². The standard InChI is InChI=1S/C10H13N5O4.C5H10O5.H2O/c11-8-5-9(13-2-12-8)15(3-14-5)10-7(18)6(17)4(1-16)19-10;6-1-3(8)5(10)4(9)2-7;/h2-4,6-7,10,16-18H,1H2,(H2,11,12,13);1,3-5,7-10H,2H2;1H2/t4-,6-,7-,10-;;/m1../s1. The van der Waals surface area contributed by atoms with Crippen molar-refractivity contribution in [1.29, 1.82) is 0 Å². The van der Waals surface area contributed by atoms with Crippen LogP contribution in [0.4, 0.5) is 5.82 Å². The highest BCUT2D eigenvalue weighted by atomic mass is 16.6. The van der Waals surface area contributed by atoms with Gasteiger partial charge in [0.25, 0.3) is 0 Å². The summed E-state index contributed by atoms with van der Waals surface area (Å²) in [6.07, 6.45) is -6.05. The number of aldehydes is 1. The molecule has 0 aliphatic carbocycles. The Morgan fingerprint density at radius 2 is 1.83 bits per heavy atom. The lowest BCUT2D eigenvalue weighted by Gasteiger charge is -2.16. The van der Waals surface area contributed by atoms with Gasteiger partial charge in [-0.3, -0.25) is 4.57 Å². The molecule has 30 heavy (non-hydrogen) atoms. The zero-order chi connectivity index (χ0) is 21.7. The zero-order valence-corrected chi connectivity index (χ0v) is 15.5. The lowest BCUT2D eigenvalue weighted by atomic mass is 10.1. The van der Waals surface area contributed by atoms with Crippen LogP contribution in [-0.2, 0) is 9.53 Å². The predicted molar refractivity (Wildman–Crippen MR) is 97.5 cm³/mol. The SMILES string of the molecule is Nc1ncnc2c1ncn2[C@@H]1O[C@H](CO)[C@@H](O)[C@H]1O.O.O=CC(O)C(O)C(O)CO. The number of ether oxygens (including phenoxy) is 1. The first-order valence-corrected chi connectivity index (χ1v) is 8.42. The molecule has 15 nitrogen and oxygen atoms in total. The van der Waals surface area contributed by atoms with Crippen molar-refractivity contribution >= 4 is 23.3 Å². The summed E-state index contributed by atoms with van der Waals surface area (Å²) in [5.74, 6) is 0.218. The normalized spacial score (nSPS) is 26.2. The van der Waals surface area contributed by atoms with E-state index in [9.17, 15) is 15.0 Å². The molecule has 0 amide bonds. The van der Waals surface area contributed by atoms with E-state index < -0.39 is 56.1 Å². The summed E-state index contributed by atoms with van der Waals surface area (Å²) in [6, 6.07) is 0. The Hall–Kier alpha value is -2.34. The molecule has 1 fully saturated rings. The van der Waals surface area contributed by atoms with Crippen molar-refractivity contribution in [2.75, 3.05) is 18.9 Å². The molecule has 0 aromatic carbocycles. The minimum atomic E-state index is -1.64. The number of aromatic nitrogens is 4. The Balaban J connectivity index is 0.000000354. The molecule has 3 rings (SSSR count). The highest BCUT2D eigenvalue weighted by Gasteiger charge is 2.43. The predicted octanol–water partition coefficient (Wildman–Crippen LogP) is -5.54. The summed E-state index contributed by atoms with van der Waals surface area (Å²) in [5.41, 5.74) is 6.44. The Morgan fingerprint density at radius 1 is 1.17 bits per heavy atom. The smallest absolute Gasteiger partial charge is 0.167 e. The minimum Gasteiger partial charge on any atom is -0.412 e. The van der Waals surface area contributed by atoms with E-state index in [4.69, 9.17) is 36.0 Å². The van der Waals surface area contributed by atoms with Crippen molar-refractivity contribution in [3.05, 3.63) is 12.7 Å². The Morgan fingerprint density at radius 3 is 2.37 bits per heavy atom. The molecule has 2 aromatic rings. The second-order valence-corrected chi connectivity index (χ2v) is 6.18. The maximum absolute atomic E-state index is 9.95. The molecule has 0 saturated carbocycles. The van der Waals surface area contributed by atoms with Gasteiger partial charge in [0.1, 0.15) is 48.5 Å². The van der Waals surface area contributed by atoms with Crippen LogP contribution in [0.2, 0.25) is 0 Å². The number of nitrogens with zero attached hydrogens (tertiary/aromatic N) is 4. The zero-order valence-electron chi connectivity index (χ0n) is 15.5. The fourth-order valence-corrected chi connectivity index (χ4v) is 2.58. The van der Waals surface area contributed by atoms with Gasteiger partial charge in [-0.1, -0.05) is 0 Å². The number of hydrogen-bond donors (Lipinski definition) is 8. The van der Waals surface area contributed by atoms with Crippen molar-refractivity contribution in [3.63, 3.8) is 0 Å². The largest absolute Gasteiger partial charge is 0.412 e. The summed E-state index contributed by atoms with van der Waals surface area (Å²) in [5, 5.41) is 62.8. The molecule has 1 aliphatic heterocycles. The van der Waals surface area contributed by atoms with Crippen LogP contribution in [0.1, 0.15) is 6.23 Å². The fraction of sp³-hybridized carbons (Fsp3) is 0.600. The Bertz CT molecular complexity index is 807. The van der Waals surface area contributed by atoms with Crippen LogP contribution >= 0.6 is 0 Å². The van der Waals surface area contributed by atoms with Gasteiger partial charge in [-0.15, -0.1) is 0 Å². The van der Waals surface area contributed by atoms with Crippen molar-refractivity contribution in [1.82, 2.24) is 19.5 Å². The lowest BCUT2D eigenvalue weighted by molar-refractivity contribution is -0.127. The fourth-order valence-electron chi connectivity index (χ4n) is 2.58. The van der Waals surface area contributed by atoms with Gasteiger partial charge in [0.2, 0.25) is 0 Å². The molecular formula is C15H25N5O10. The summed E-state index contributed by atoms with van der Waals surface area (Å²) < 4.78 is 6.85. The number of carbonyl (C=O) groups is 1. The van der Waals surface area contributed by atoms with Crippen LogP contribution in [-0.4, -0.2) is 117 Å². The Labute approximate surface area is 168 Å². The minimum absolute atomic E-state index is 0. The van der Waals surface area contributed by atoms with E-state index in [1.807, 2.05) is 0 Å². The molecule has 1 aliphatic rings. The molecule has 2 aromatic heterocycles. The van der Waals surface area contributed by atoms with Gasteiger partial charge < -0.3 is 56.5 Å². The third-order valence-corrected chi connectivity index (χ3v) is 4.25. The molecule has 3 unspecified atom stereocenters. The van der Waals surface area contributed by atoms with E-state index in [1.165, 1.54) is 17.2 Å². The molecule has 0 radical (unpaired) electrons. The quantitative estimate of drug-likeness (QED) is 0.197. The molecule has 1 saturated heterocycles. The molecular weight excluding hydrogens is 410 g/mol. The third-order valence-electron chi connectivity index (χ3n) is 4.25. The second kappa shape index (κ2) is 11.2. The average molecular weight is 435 g/mol. The highest BCUT2D eigenvalue weighted by molar-refractivity contribution is 5.81. The van der Waals surface area contributed by atoms with E-state index in [1.54, 1.807) is 0 Å². The number of imidazole rings is 1. The summed E-state index contributed by atoms with van der Waals surface area (Å²) in [4.78, 5) is 21.7. The summed E-state index contributed by atoms with van der Waals surface area (Å²) in [7, 11) is 0. The maximum Gasteiger partial charge on any atom is 0.167 e. The van der Waals surface area contributed by atoms with Crippen LogP contribution < -0.4 is 5.73 Å². The second-order valence-electron chi connectivity index (χ2n) is 6.18. The van der Waals surface area contributed by atoms with Gasteiger partial charge in [0.15, 0.2) is 24.0 Å². The maximum atomic E-state index is 9.95.